The highest BCUT2D eigenvalue weighted by atomic mass is 35.5. The summed E-state index contributed by atoms with van der Waals surface area (Å²) in [5, 5.41) is 4.08. The molecule has 1 saturated heterocycles. The standard InChI is InChI=1S/C15H24ClN3O/c1-17-11-13(12-20-2)18-7-9-19(10-8-18)15-6-4-3-5-14(15)16/h3-6,13,17H,7-12H2,1-2H3. The van der Waals surface area contributed by atoms with Gasteiger partial charge in [-0.05, 0) is 19.2 Å². The number of para-hydroxylation sites is 1. The summed E-state index contributed by atoms with van der Waals surface area (Å²) < 4.78 is 5.32. The molecule has 1 heterocycles. The van der Waals surface area contributed by atoms with E-state index in [2.05, 4.69) is 21.2 Å². The van der Waals surface area contributed by atoms with Crippen molar-refractivity contribution < 1.29 is 4.74 Å². The lowest BCUT2D eigenvalue weighted by atomic mass is 10.2. The van der Waals surface area contributed by atoms with Crippen molar-refractivity contribution in [2.45, 2.75) is 6.04 Å². The topological polar surface area (TPSA) is 27.7 Å². The van der Waals surface area contributed by atoms with Crippen molar-refractivity contribution in [3.8, 4) is 0 Å². The van der Waals surface area contributed by atoms with Gasteiger partial charge < -0.3 is 15.0 Å². The predicted molar refractivity (Wildman–Crippen MR) is 84.8 cm³/mol. The third-order valence-corrected chi connectivity index (χ3v) is 4.14. The number of methoxy groups -OCH3 is 1. The van der Waals surface area contributed by atoms with Crippen LogP contribution in [0.1, 0.15) is 0 Å². The molecular weight excluding hydrogens is 274 g/mol. The normalized spacial score (nSPS) is 18.2. The average Bonchev–Trinajstić information content (AvgIpc) is 2.48. The number of likely N-dealkylation sites (N-methyl/N-ethyl adjacent to an activating group) is 1. The number of hydrogen-bond donors (Lipinski definition) is 1. The van der Waals surface area contributed by atoms with Crippen molar-refractivity contribution in [1.29, 1.82) is 0 Å². The first-order valence-electron chi connectivity index (χ1n) is 7.13. The minimum atomic E-state index is 0.443. The van der Waals surface area contributed by atoms with Crippen molar-refractivity contribution in [2.24, 2.45) is 0 Å². The monoisotopic (exact) mass is 297 g/mol. The number of ether oxygens (including phenoxy) is 1. The zero-order valence-electron chi connectivity index (χ0n) is 12.3. The fraction of sp³-hybridized carbons (Fsp3) is 0.600. The van der Waals surface area contributed by atoms with Crippen molar-refractivity contribution in [3.63, 3.8) is 0 Å². The van der Waals surface area contributed by atoms with Crippen LogP contribution in [0.5, 0.6) is 0 Å². The van der Waals surface area contributed by atoms with Crippen LogP contribution in [0.4, 0.5) is 5.69 Å². The minimum Gasteiger partial charge on any atom is -0.383 e. The van der Waals surface area contributed by atoms with E-state index < -0.39 is 0 Å². The van der Waals surface area contributed by atoms with E-state index in [1.807, 2.05) is 25.2 Å². The van der Waals surface area contributed by atoms with Gasteiger partial charge >= 0.3 is 0 Å². The fourth-order valence-electron chi connectivity index (χ4n) is 2.76. The molecule has 1 N–H and O–H groups in total. The van der Waals surface area contributed by atoms with Crippen molar-refractivity contribution in [1.82, 2.24) is 10.2 Å². The van der Waals surface area contributed by atoms with E-state index in [9.17, 15) is 0 Å². The fourth-order valence-corrected chi connectivity index (χ4v) is 3.01. The largest absolute Gasteiger partial charge is 0.383 e. The van der Waals surface area contributed by atoms with Crippen LogP contribution in [-0.2, 0) is 4.74 Å². The second-order valence-corrected chi connectivity index (χ2v) is 5.55. The maximum atomic E-state index is 6.27. The molecule has 112 valence electrons. The van der Waals surface area contributed by atoms with Crippen molar-refractivity contribution >= 4 is 17.3 Å². The molecule has 0 spiro atoms. The van der Waals surface area contributed by atoms with E-state index >= 15 is 0 Å². The molecule has 1 atom stereocenters. The Morgan fingerprint density at radius 3 is 2.55 bits per heavy atom. The molecule has 20 heavy (non-hydrogen) atoms. The minimum absolute atomic E-state index is 0.443. The van der Waals surface area contributed by atoms with Gasteiger partial charge in [0.1, 0.15) is 0 Å². The first kappa shape index (κ1) is 15.6. The second kappa shape index (κ2) is 7.84. The number of piperazine rings is 1. The Morgan fingerprint density at radius 2 is 1.95 bits per heavy atom. The predicted octanol–water partition coefficient (Wildman–Crippen LogP) is 1.70. The Morgan fingerprint density at radius 1 is 1.25 bits per heavy atom. The molecule has 0 radical (unpaired) electrons. The summed E-state index contributed by atoms with van der Waals surface area (Å²) in [6, 6.07) is 8.51. The maximum Gasteiger partial charge on any atom is 0.0639 e. The molecule has 0 bridgehead atoms. The van der Waals surface area contributed by atoms with E-state index in [4.69, 9.17) is 16.3 Å². The lowest BCUT2D eigenvalue weighted by Crippen LogP contribution is -2.54. The van der Waals surface area contributed by atoms with Crippen molar-refractivity contribution in [3.05, 3.63) is 29.3 Å². The number of benzene rings is 1. The zero-order chi connectivity index (χ0) is 14.4. The van der Waals surface area contributed by atoms with Crippen molar-refractivity contribution in [2.75, 3.05) is 58.4 Å². The molecule has 4 nitrogen and oxygen atoms in total. The molecular formula is C15H24ClN3O. The van der Waals surface area contributed by atoms with Gasteiger partial charge in [0, 0.05) is 45.9 Å². The summed E-state index contributed by atoms with van der Waals surface area (Å²) in [5.41, 5.74) is 1.14. The van der Waals surface area contributed by atoms with Gasteiger partial charge in [-0.3, -0.25) is 4.90 Å². The highest BCUT2D eigenvalue weighted by Crippen LogP contribution is 2.26. The van der Waals surface area contributed by atoms with E-state index in [1.165, 1.54) is 0 Å². The van der Waals surface area contributed by atoms with Gasteiger partial charge in [-0.25, -0.2) is 0 Å². The van der Waals surface area contributed by atoms with Gasteiger partial charge in [0.15, 0.2) is 0 Å². The number of nitrogens with one attached hydrogen (secondary N) is 1. The summed E-state index contributed by atoms with van der Waals surface area (Å²) in [7, 11) is 3.76. The molecule has 1 aliphatic rings. The van der Waals surface area contributed by atoms with E-state index in [0.717, 1.165) is 50.0 Å². The molecule has 1 unspecified atom stereocenters. The summed E-state index contributed by atoms with van der Waals surface area (Å²) in [4.78, 5) is 4.86. The van der Waals surface area contributed by atoms with Gasteiger partial charge in [-0.15, -0.1) is 0 Å². The lowest BCUT2D eigenvalue weighted by molar-refractivity contribution is 0.0862. The van der Waals surface area contributed by atoms with Gasteiger partial charge in [0.2, 0.25) is 0 Å². The molecule has 0 saturated carbocycles. The molecule has 1 aromatic carbocycles. The third kappa shape index (κ3) is 3.85. The number of halogens is 1. The smallest absolute Gasteiger partial charge is 0.0639 e. The van der Waals surface area contributed by atoms with E-state index in [1.54, 1.807) is 7.11 Å². The highest BCUT2D eigenvalue weighted by Gasteiger charge is 2.24. The Kier molecular flexibility index (Phi) is 6.10. The first-order valence-corrected chi connectivity index (χ1v) is 7.51. The van der Waals surface area contributed by atoms with Gasteiger partial charge in [-0.2, -0.15) is 0 Å². The van der Waals surface area contributed by atoms with Crippen LogP contribution in [0.25, 0.3) is 0 Å². The number of hydrogen-bond acceptors (Lipinski definition) is 4. The zero-order valence-corrected chi connectivity index (χ0v) is 13.1. The lowest BCUT2D eigenvalue weighted by Gasteiger charge is -2.40. The third-order valence-electron chi connectivity index (χ3n) is 3.82. The molecule has 0 aliphatic carbocycles. The number of anilines is 1. The summed E-state index contributed by atoms with van der Waals surface area (Å²) in [6.07, 6.45) is 0. The molecule has 1 aliphatic heterocycles. The van der Waals surface area contributed by atoms with E-state index in [-0.39, 0.29) is 0 Å². The Balaban J connectivity index is 1.93. The molecule has 0 amide bonds. The molecule has 2 rings (SSSR count). The Bertz CT molecular complexity index is 402. The van der Waals surface area contributed by atoms with Gasteiger partial charge in [0.05, 0.1) is 17.3 Å². The van der Waals surface area contributed by atoms with E-state index in [0.29, 0.717) is 6.04 Å². The summed E-state index contributed by atoms with van der Waals surface area (Å²) in [5.74, 6) is 0. The quantitative estimate of drug-likeness (QED) is 0.865. The Hall–Kier alpha value is -0.810. The Labute approximate surface area is 126 Å². The van der Waals surface area contributed by atoms with Gasteiger partial charge in [-0.1, -0.05) is 23.7 Å². The van der Waals surface area contributed by atoms with Gasteiger partial charge in [0.25, 0.3) is 0 Å². The number of rotatable bonds is 6. The molecule has 5 heteroatoms. The molecule has 1 aromatic rings. The summed E-state index contributed by atoms with van der Waals surface area (Å²) >= 11 is 6.27. The molecule has 1 fully saturated rings. The summed E-state index contributed by atoms with van der Waals surface area (Å²) in [6.45, 7) is 5.83. The second-order valence-electron chi connectivity index (χ2n) is 5.14. The molecule has 0 aromatic heterocycles. The van der Waals surface area contributed by atoms with Crippen LogP contribution in [0.2, 0.25) is 5.02 Å². The number of nitrogens with zero attached hydrogens (tertiary/aromatic N) is 2. The van der Waals surface area contributed by atoms with Crippen LogP contribution in [0.15, 0.2) is 24.3 Å². The maximum absolute atomic E-state index is 6.27. The first-order chi connectivity index (χ1) is 9.76. The highest BCUT2D eigenvalue weighted by molar-refractivity contribution is 6.33. The van der Waals surface area contributed by atoms with Crippen LogP contribution in [-0.4, -0.2) is 64.4 Å². The SMILES string of the molecule is CNCC(COC)N1CCN(c2ccccc2Cl)CC1. The van der Waals surface area contributed by atoms with Crippen LogP contribution < -0.4 is 10.2 Å². The van der Waals surface area contributed by atoms with Crippen LogP contribution in [0, 0.1) is 0 Å². The van der Waals surface area contributed by atoms with Crippen LogP contribution >= 0.6 is 11.6 Å². The van der Waals surface area contributed by atoms with Crippen LogP contribution in [0.3, 0.4) is 0 Å². The average molecular weight is 298 g/mol.